The summed E-state index contributed by atoms with van der Waals surface area (Å²) in [5, 5.41) is 9.81. The number of benzene rings is 2. The first-order valence-corrected chi connectivity index (χ1v) is 9.12. The second-order valence-electron chi connectivity index (χ2n) is 7.17. The molecule has 0 radical (unpaired) electrons. The molecule has 3 aliphatic rings. The van der Waals surface area contributed by atoms with E-state index in [0.717, 1.165) is 11.1 Å². The number of hydrogen-bond donors (Lipinski definition) is 0. The fraction of sp³-hybridized carbons (Fsp3) is 0.227. The van der Waals surface area contributed by atoms with Crippen LogP contribution in [0.25, 0.3) is 6.08 Å². The predicted molar refractivity (Wildman–Crippen MR) is 102 cm³/mol. The zero-order valence-electron chi connectivity index (χ0n) is 15.1. The van der Waals surface area contributed by atoms with Crippen molar-refractivity contribution in [2.45, 2.75) is 12.1 Å². The number of hydrogen-bond acceptors (Lipinski definition) is 5. The van der Waals surface area contributed by atoms with Gasteiger partial charge in [-0.05, 0) is 41.5 Å². The lowest BCUT2D eigenvalue weighted by atomic mass is 9.85. The van der Waals surface area contributed by atoms with E-state index < -0.39 is 17.9 Å². The van der Waals surface area contributed by atoms with E-state index in [2.05, 4.69) is 6.07 Å². The Kier molecular flexibility index (Phi) is 3.53. The maximum atomic E-state index is 13.4. The maximum Gasteiger partial charge on any atom is 0.240 e. The summed E-state index contributed by atoms with van der Waals surface area (Å²) in [7, 11) is 1.56. The number of ether oxygens (including phenoxy) is 1. The third-order valence-electron chi connectivity index (χ3n) is 5.92. The highest BCUT2D eigenvalue weighted by atomic mass is 16.5. The van der Waals surface area contributed by atoms with Crippen molar-refractivity contribution in [3.05, 3.63) is 65.9 Å². The summed E-state index contributed by atoms with van der Waals surface area (Å²) in [6.07, 6.45) is 3.78. The number of carbonyl (C=O) groups is 2. The standard InChI is InChI=1S/C22H17N3O3/c1-28-15-8-6-14(7-9-15)25-21(26)18-17(12-23)24-11-10-13-4-2-3-5-16(13)20(24)19(18)22(25)27/h2-11,17-20H,1H3/t17-,18+,19+,20-/m1/s1. The van der Waals surface area contributed by atoms with Crippen LogP contribution in [0, 0.1) is 23.2 Å². The molecule has 0 unspecified atom stereocenters. The van der Waals surface area contributed by atoms with Gasteiger partial charge in [0, 0.05) is 6.20 Å². The molecule has 0 bridgehead atoms. The first-order chi connectivity index (χ1) is 13.7. The van der Waals surface area contributed by atoms with Gasteiger partial charge in [0.25, 0.3) is 0 Å². The first kappa shape index (κ1) is 16.6. The summed E-state index contributed by atoms with van der Waals surface area (Å²) >= 11 is 0. The summed E-state index contributed by atoms with van der Waals surface area (Å²) in [4.78, 5) is 29.7. The van der Waals surface area contributed by atoms with E-state index in [9.17, 15) is 14.9 Å². The van der Waals surface area contributed by atoms with Crippen molar-refractivity contribution >= 4 is 23.6 Å². The van der Waals surface area contributed by atoms with Gasteiger partial charge in [0.1, 0.15) is 11.8 Å². The van der Waals surface area contributed by atoms with Crippen LogP contribution in [-0.2, 0) is 9.59 Å². The lowest BCUT2D eigenvalue weighted by Gasteiger charge is -2.33. The normalized spacial score (nSPS) is 27.3. The van der Waals surface area contributed by atoms with Crippen molar-refractivity contribution in [3.63, 3.8) is 0 Å². The topological polar surface area (TPSA) is 73.6 Å². The number of amides is 2. The highest BCUT2D eigenvalue weighted by Gasteiger charge is 2.63. The first-order valence-electron chi connectivity index (χ1n) is 9.12. The van der Waals surface area contributed by atoms with E-state index in [1.165, 1.54) is 4.90 Å². The Morgan fingerprint density at radius 2 is 1.71 bits per heavy atom. The zero-order chi connectivity index (χ0) is 19.4. The molecular formula is C22H17N3O3. The van der Waals surface area contributed by atoms with E-state index in [1.54, 1.807) is 31.4 Å². The molecule has 2 saturated heterocycles. The van der Waals surface area contributed by atoms with Gasteiger partial charge in [0.05, 0.1) is 36.7 Å². The van der Waals surface area contributed by atoms with Crippen LogP contribution in [0.2, 0.25) is 0 Å². The van der Waals surface area contributed by atoms with Crippen molar-refractivity contribution in [1.82, 2.24) is 4.90 Å². The smallest absolute Gasteiger partial charge is 0.240 e. The maximum absolute atomic E-state index is 13.4. The quantitative estimate of drug-likeness (QED) is 0.759. The number of anilines is 1. The Bertz CT molecular complexity index is 1050. The van der Waals surface area contributed by atoms with Crippen LogP contribution in [-0.4, -0.2) is 29.9 Å². The van der Waals surface area contributed by atoms with Gasteiger partial charge in [-0.25, -0.2) is 4.90 Å². The van der Waals surface area contributed by atoms with Gasteiger partial charge in [-0.3, -0.25) is 9.59 Å². The number of imide groups is 1. The molecule has 0 aliphatic carbocycles. The van der Waals surface area contributed by atoms with Crippen LogP contribution in [0.1, 0.15) is 17.2 Å². The zero-order valence-corrected chi connectivity index (χ0v) is 15.1. The largest absolute Gasteiger partial charge is 0.497 e. The third-order valence-corrected chi connectivity index (χ3v) is 5.92. The molecule has 0 N–H and O–H groups in total. The molecule has 2 fully saturated rings. The van der Waals surface area contributed by atoms with E-state index in [1.807, 2.05) is 41.4 Å². The Morgan fingerprint density at radius 1 is 1.00 bits per heavy atom. The van der Waals surface area contributed by atoms with Crippen LogP contribution in [0.4, 0.5) is 5.69 Å². The molecule has 3 aliphatic heterocycles. The average molecular weight is 371 g/mol. The van der Waals surface area contributed by atoms with Crippen molar-refractivity contribution in [2.75, 3.05) is 12.0 Å². The predicted octanol–water partition coefficient (Wildman–Crippen LogP) is 2.73. The Balaban J connectivity index is 1.60. The molecule has 5 rings (SSSR count). The Hall–Kier alpha value is -3.59. The van der Waals surface area contributed by atoms with Crippen molar-refractivity contribution in [3.8, 4) is 11.8 Å². The van der Waals surface area contributed by atoms with Gasteiger partial charge < -0.3 is 9.64 Å². The van der Waals surface area contributed by atoms with Gasteiger partial charge in [0.2, 0.25) is 11.8 Å². The molecule has 6 heteroatoms. The minimum atomic E-state index is -0.680. The van der Waals surface area contributed by atoms with Crippen LogP contribution in [0.15, 0.2) is 54.7 Å². The Morgan fingerprint density at radius 3 is 2.43 bits per heavy atom. The molecule has 138 valence electrons. The fourth-order valence-electron chi connectivity index (χ4n) is 4.69. The molecule has 4 atom stereocenters. The van der Waals surface area contributed by atoms with Gasteiger partial charge in [-0.15, -0.1) is 0 Å². The number of carbonyl (C=O) groups excluding carboxylic acids is 2. The summed E-state index contributed by atoms with van der Waals surface area (Å²) in [6.45, 7) is 0. The monoisotopic (exact) mass is 371 g/mol. The molecule has 2 amide bonds. The van der Waals surface area contributed by atoms with Gasteiger partial charge >= 0.3 is 0 Å². The minimum Gasteiger partial charge on any atom is -0.497 e. The van der Waals surface area contributed by atoms with E-state index in [-0.39, 0.29) is 17.9 Å². The molecule has 6 nitrogen and oxygen atoms in total. The summed E-state index contributed by atoms with van der Waals surface area (Å²) < 4.78 is 5.16. The number of nitriles is 1. The molecular weight excluding hydrogens is 354 g/mol. The SMILES string of the molecule is COc1ccc(N2C(=O)[C@@H]3[C@H](C2=O)[C@H]2c4ccccc4C=CN2[C@@H]3C#N)cc1. The highest BCUT2D eigenvalue weighted by Crippen LogP contribution is 2.52. The van der Waals surface area contributed by atoms with Gasteiger partial charge in [-0.2, -0.15) is 5.26 Å². The van der Waals surface area contributed by atoms with Crippen LogP contribution in [0.5, 0.6) is 5.75 Å². The van der Waals surface area contributed by atoms with Crippen LogP contribution < -0.4 is 9.64 Å². The molecule has 28 heavy (non-hydrogen) atoms. The minimum absolute atomic E-state index is 0.252. The van der Waals surface area contributed by atoms with Crippen molar-refractivity contribution in [1.29, 1.82) is 5.26 Å². The molecule has 2 aromatic rings. The number of fused-ring (bicyclic) bond motifs is 5. The summed E-state index contributed by atoms with van der Waals surface area (Å²) in [6, 6.07) is 15.9. The molecule has 3 heterocycles. The number of rotatable bonds is 2. The highest BCUT2D eigenvalue weighted by molar-refractivity contribution is 6.23. The second-order valence-corrected chi connectivity index (χ2v) is 7.17. The fourth-order valence-corrected chi connectivity index (χ4v) is 4.69. The van der Waals surface area contributed by atoms with Gasteiger partial charge in [0.15, 0.2) is 0 Å². The van der Waals surface area contributed by atoms with Crippen molar-refractivity contribution in [2.24, 2.45) is 11.8 Å². The van der Waals surface area contributed by atoms with Crippen molar-refractivity contribution < 1.29 is 14.3 Å². The summed E-state index contributed by atoms with van der Waals surface area (Å²) in [5.41, 5.74) is 2.51. The van der Waals surface area contributed by atoms with E-state index in [0.29, 0.717) is 11.4 Å². The molecule has 0 saturated carbocycles. The summed E-state index contributed by atoms with van der Waals surface area (Å²) in [5.74, 6) is -1.17. The molecule has 0 spiro atoms. The lowest BCUT2D eigenvalue weighted by molar-refractivity contribution is -0.123. The van der Waals surface area contributed by atoms with Crippen LogP contribution >= 0.6 is 0 Å². The van der Waals surface area contributed by atoms with E-state index >= 15 is 0 Å². The lowest BCUT2D eigenvalue weighted by Crippen LogP contribution is -2.40. The van der Waals surface area contributed by atoms with Crippen LogP contribution in [0.3, 0.4) is 0 Å². The molecule has 0 aromatic heterocycles. The number of nitrogens with zero attached hydrogens (tertiary/aromatic N) is 3. The Labute approximate surface area is 162 Å². The number of methoxy groups -OCH3 is 1. The van der Waals surface area contributed by atoms with E-state index in [4.69, 9.17) is 4.74 Å². The average Bonchev–Trinajstić information content (AvgIpc) is 3.20. The second kappa shape index (κ2) is 5.96. The molecule has 2 aromatic carbocycles. The third kappa shape index (κ3) is 2.07. The van der Waals surface area contributed by atoms with Gasteiger partial charge in [-0.1, -0.05) is 24.3 Å².